The molecule has 0 radical (unpaired) electrons. The maximum atomic E-state index is 12.4. The van der Waals surface area contributed by atoms with Gasteiger partial charge in [-0.2, -0.15) is 0 Å². The number of nitrogens with one attached hydrogen (secondary N) is 1. The number of amides is 3. The van der Waals surface area contributed by atoms with Crippen molar-refractivity contribution in [1.29, 1.82) is 0 Å². The molecular weight excluding hydrogens is 370 g/mol. The molecule has 0 spiro atoms. The maximum absolute atomic E-state index is 12.4. The highest BCUT2D eigenvalue weighted by Gasteiger charge is 2.36. The highest BCUT2D eigenvalue weighted by atomic mass is 32.2. The third-order valence-corrected chi connectivity index (χ3v) is 4.59. The van der Waals surface area contributed by atoms with E-state index in [1.165, 1.54) is 7.11 Å². The molecule has 27 heavy (non-hydrogen) atoms. The molecule has 0 unspecified atom stereocenters. The Morgan fingerprint density at radius 3 is 2.48 bits per heavy atom. The number of nitrogens with zero attached hydrogens (tertiary/aromatic N) is 2. The second kappa shape index (κ2) is 9.33. The average molecular weight is 391 g/mol. The highest BCUT2D eigenvalue weighted by molar-refractivity contribution is 8.18. The quantitative estimate of drug-likeness (QED) is 0.551. The van der Waals surface area contributed by atoms with Crippen molar-refractivity contribution >= 4 is 40.9 Å². The third-order valence-electron chi connectivity index (χ3n) is 3.69. The predicted octanol–water partition coefficient (Wildman–Crippen LogP) is 1.19. The molecule has 0 atom stereocenters. The van der Waals surface area contributed by atoms with Gasteiger partial charge in [-0.3, -0.25) is 19.3 Å². The number of carbonyl (C=O) groups excluding carboxylic acids is 4. The second-order valence-corrected chi connectivity index (χ2v) is 7.03. The van der Waals surface area contributed by atoms with Crippen LogP contribution < -0.4 is 5.32 Å². The third kappa shape index (κ3) is 5.66. The van der Waals surface area contributed by atoms with Crippen LogP contribution in [-0.2, 0) is 14.3 Å². The van der Waals surface area contributed by atoms with Crippen LogP contribution in [0.3, 0.4) is 0 Å². The zero-order chi connectivity index (χ0) is 20.0. The van der Waals surface area contributed by atoms with E-state index in [4.69, 9.17) is 0 Å². The summed E-state index contributed by atoms with van der Waals surface area (Å²) in [6, 6.07) is 6.43. The summed E-state index contributed by atoms with van der Waals surface area (Å²) in [5.41, 5.74) is 1.04. The molecule has 1 aromatic carbocycles. The van der Waals surface area contributed by atoms with Crippen molar-refractivity contribution in [3.05, 3.63) is 40.3 Å². The van der Waals surface area contributed by atoms with Gasteiger partial charge in [0.1, 0.15) is 6.54 Å². The molecule has 0 aromatic heterocycles. The van der Waals surface area contributed by atoms with Crippen molar-refractivity contribution in [3.63, 3.8) is 0 Å². The second-order valence-electron chi connectivity index (χ2n) is 6.03. The van der Waals surface area contributed by atoms with Crippen LogP contribution in [0.1, 0.15) is 15.9 Å². The van der Waals surface area contributed by atoms with Crippen LogP contribution in [0.4, 0.5) is 4.79 Å². The van der Waals surface area contributed by atoms with E-state index in [0.717, 1.165) is 16.7 Å². The zero-order valence-corrected chi connectivity index (χ0v) is 16.2. The Hall–Kier alpha value is -2.65. The Labute approximate surface area is 161 Å². The molecule has 144 valence electrons. The van der Waals surface area contributed by atoms with E-state index in [1.54, 1.807) is 30.3 Å². The van der Waals surface area contributed by atoms with Crippen LogP contribution in [0.5, 0.6) is 0 Å². The Morgan fingerprint density at radius 1 is 1.22 bits per heavy atom. The summed E-state index contributed by atoms with van der Waals surface area (Å²) in [5.74, 6) is -1.35. The van der Waals surface area contributed by atoms with E-state index >= 15 is 0 Å². The first-order valence-electron chi connectivity index (χ1n) is 8.17. The molecule has 0 bridgehead atoms. The summed E-state index contributed by atoms with van der Waals surface area (Å²) < 4.78 is 4.63. The Kier molecular flexibility index (Phi) is 7.14. The number of hydrogen-bond donors (Lipinski definition) is 1. The van der Waals surface area contributed by atoms with Gasteiger partial charge in [0, 0.05) is 13.1 Å². The van der Waals surface area contributed by atoms with Gasteiger partial charge in [0.05, 0.1) is 17.6 Å². The largest absolute Gasteiger partial charge is 0.465 e. The summed E-state index contributed by atoms with van der Waals surface area (Å²) in [6.45, 7) is 0.788. The molecule has 9 heteroatoms. The van der Waals surface area contributed by atoms with Gasteiger partial charge in [-0.15, -0.1) is 0 Å². The van der Waals surface area contributed by atoms with E-state index in [0.29, 0.717) is 24.2 Å². The minimum absolute atomic E-state index is 0.229. The number of imide groups is 1. The van der Waals surface area contributed by atoms with Crippen LogP contribution in [0, 0.1) is 0 Å². The molecule has 1 aliphatic heterocycles. The number of esters is 1. The fourth-order valence-electron chi connectivity index (χ4n) is 2.24. The van der Waals surface area contributed by atoms with Crippen molar-refractivity contribution in [3.8, 4) is 0 Å². The van der Waals surface area contributed by atoms with Crippen LogP contribution >= 0.6 is 11.8 Å². The first-order chi connectivity index (χ1) is 12.8. The lowest BCUT2D eigenvalue weighted by Gasteiger charge is -2.14. The van der Waals surface area contributed by atoms with Crippen molar-refractivity contribution in [1.82, 2.24) is 15.1 Å². The van der Waals surface area contributed by atoms with Crippen molar-refractivity contribution in [2.75, 3.05) is 40.8 Å². The monoisotopic (exact) mass is 391 g/mol. The average Bonchev–Trinajstić information content (AvgIpc) is 2.89. The summed E-state index contributed by atoms with van der Waals surface area (Å²) in [7, 11) is 5.05. The van der Waals surface area contributed by atoms with Crippen molar-refractivity contribution in [2.24, 2.45) is 0 Å². The molecule has 3 amide bonds. The van der Waals surface area contributed by atoms with E-state index in [-0.39, 0.29) is 17.4 Å². The molecule has 1 N–H and O–H groups in total. The standard InChI is InChI=1S/C18H21N3O5S/c1-20(2)9-8-19-15(22)11-21-16(23)14(27-18(21)25)10-12-4-6-13(7-5-12)17(24)26-3/h4-7,10H,8-9,11H2,1-3H3,(H,19,22)/b14-10-. The molecule has 1 fully saturated rings. The lowest BCUT2D eigenvalue weighted by atomic mass is 10.1. The zero-order valence-electron chi connectivity index (χ0n) is 15.4. The smallest absolute Gasteiger partial charge is 0.337 e. The number of hydrogen-bond acceptors (Lipinski definition) is 7. The number of ether oxygens (including phenoxy) is 1. The Morgan fingerprint density at radius 2 is 1.89 bits per heavy atom. The van der Waals surface area contributed by atoms with E-state index in [2.05, 4.69) is 10.1 Å². The van der Waals surface area contributed by atoms with E-state index in [9.17, 15) is 19.2 Å². The van der Waals surface area contributed by atoms with Gasteiger partial charge >= 0.3 is 5.97 Å². The van der Waals surface area contributed by atoms with Gasteiger partial charge in [-0.25, -0.2) is 4.79 Å². The van der Waals surface area contributed by atoms with E-state index in [1.807, 2.05) is 19.0 Å². The van der Waals surface area contributed by atoms with Gasteiger partial charge in [0.15, 0.2) is 0 Å². The predicted molar refractivity (Wildman–Crippen MR) is 102 cm³/mol. The van der Waals surface area contributed by atoms with Gasteiger partial charge < -0.3 is 15.0 Å². The SMILES string of the molecule is COC(=O)c1ccc(/C=C2\SC(=O)N(CC(=O)NCCN(C)C)C2=O)cc1. The summed E-state index contributed by atoms with van der Waals surface area (Å²) >= 11 is 0.781. The van der Waals surface area contributed by atoms with Crippen molar-refractivity contribution < 1.29 is 23.9 Å². The van der Waals surface area contributed by atoms with E-state index < -0.39 is 17.1 Å². The first kappa shape index (κ1) is 20.7. The number of rotatable bonds is 7. The summed E-state index contributed by atoms with van der Waals surface area (Å²) in [6.07, 6.45) is 1.55. The topological polar surface area (TPSA) is 96.0 Å². The molecule has 1 aromatic rings. The lowest BCUT2D eigenvalue weighted by Crippen LogP contribution is -2.41. The van der Waals surface area contributed by atoms with Gasteiger partial charge in [-0.05, 0) is 49.6 Å². The van der Waals surface area contributed by atoms with Gasteiger partial charge in [0.25, 0.3) is 11.1 Å². The van der Waals surface area contributed by atoms with Crippen LogP contribution in [0.2, 0.25) is 0 Å². The summed E-state index contributed by atoms with van der Waals surface area (Å²) in [4.78, 5) is 50.9. The Balaban J connectivity index is 2.01. The molecule has 2 rings (SSSR count). The fourth-order valence-corrected chi connectivity index (χ4v) is 3.08. The highest BCUT2D eigenvalue weighted by Crippen LogP contribution is 2.32. The lowest BCUT2D eigenvalue weighted by molar-refractivity contribution is -0.129. The number of thioether (sulfide) groups is 1. The molecule has 1 heterocycles. The molecule has 0 saturated carbocycles. The van der Waals surface area contributed by atoms with Crippen LogP contribution in [-0.4, -0.2) is 73.7 Å². The first-order valence-corrected chi connectivity index (χ1v) is 8.98. The normalized spacial score (nSPS) is 15.6. The number of benzene rings is 1. The molecule has 8 nitrogen and oxygen atoms in total. The number of carbonyl (C=O) groups is 4. The summed E-state index contributed by atoms with van der Waals surface area (Å²) in [5, 5.41) is 2.18. The fraction of sp³-hybridized carbons (Fsp3) is 0.333. The number of methoxy groups -OCH3 is 1. The maximum Gasteiger partial charge on any atom is 0.337 e. The molecular formula is C18H21N3O5S. The van der Waals surface area contributed by atoms with Crippen LogP contribution in [0.15, 0.2) is 29.2 Å². The molecule has 1 saturated heterocycles. The molecule has 0 aliphatic carbocycles. The van der Waals surface area contributed by atoms with Crippen LogP contribution in [0.25, 0.3) is 6.08 Å². The van der Waals surface area contributed by atoms with Crippen molar-refractivity contribution in [2.45, 2.75) is 0 Å². The van der Waals surface area contributed by atoms with Gasteiger partial charge in [0.2, 0.25) is 5.91 Å². The Bertz CT molecular complexity index is 774. The minimum atomic E-state index is -0.509. The number of likely N-dealkylation sites (N-methyl/N-ethyl adjacent to an activating group) is 1. The minimum Gasteiger partial charge on any atom is -0.465 e. The van der Waals surface area contributed by atoms with Gasteiger partial charge in [-0.1, -0.05) is 12.1 Å². The molecule has 1 aliphatic rings.